The van der Waals surface area contributed by atoms with Gasteiger partial charge in [0, 0.05) is 26.8 Å². The van der Waals surface area contributed by atoms with Crippen LogP contribution < -0.4 is 20.2 Å². The summed E-state index contributed by atoms with van der Waals surface area (Å²) in [5, 5.41) is 8.85. The number of thioether (sulfide) groups is 1. The lowest BCUT2D eigenvalue weighted by Gasteiger charge is -2.43. The second-order valence-electron chi connectivity index (χ2n) is 12.5. The Bertz CT molecular complexity index is 2170. The number of halogens is 2. The van der Waals surface area contributed by atoms with Crippen LogP contribution in [0.5, 0.6) is 0 Å². The molecule has 8 rings (SSSR count). The molecule has 3 amide bonds. The lowest BCUT2D eigenvalue weighted by molar-refractivity contribution is -0.123. The van der Waals surface area contributed by atoms with E-state index in [0.29, 0.717) is 27.8 Å². The zero-order valence-corrected chi connectivity index (χ0v) is 28.0. The number of primary sulfonamides is 1. The van der Waals surface area contributed by atoms with E-state index in [0.717, 1.165) is 21.8 Å². The Morgan fingerprint density at radius 1 is 0.938 bits per heavy atom. The fraction of sp³-hybridized carbons (Fsp3) is 0.273. The third-order valence-corrected chi connectivity index (χ3v) is 14.0. The van der Waals surface area contributed by atoms with E-state index in [1.165, 1.54) is 57.6 Å². The third-order valence-electron chi connectivity index (χ3n) is 10.0. The fourth-order valence-corrected chi connectivity index (χ4v) is 12.0. The number of benzene rings is 3. The second kappa shape index (κ2) is 11.4. The number of hydrogen-bond donors (Lipinski definition) is 2. The third kappa shape index (κ3) is 4.95. The van der Waals surface area contributed by atoms with E-state index in [4.69, 9.17) is 16.7 Å². The zero-order chi connectivity index (χ0) is 33.6. The van der Waals surface area contributed by atoms with Crippen molar-refractivity contribution in [1.82, 2.24) is 4.57 Å². The molecule has 10 nitrogen and oxygen atoms in total. The van der Waals surface area contributed by atoms with Crippen molar-refractivity contribution >= 4 is 73.8 Å². The van der Waals surface area contributed by atoms with Gasteiger partial charge >= 0.3 is 4.87 Å². The number of fused-ring (bicyclic) bond motifs is 9. The molecular weight excluding hydrogens is 699 g/mol. The number of nitrogens with zero attached hydrogens (tertiary/aromatic N) is 2. The average molecular weight is 725 g/mol. The van der Waals surface area contributed by atoms with Crippen molar-refractivity contribution < 1.29 is 27.2 Å². The Balaban J connectivity index is 1.14. The molecule has 48 heavy (non-hydrogen) atoms. The Labute approximate surface area is 287 Å². The van der Waals surface area contributed by atoms with E-state index >= 15 is 0 Å². The van der Waals surface area contributed by atoms with Gasteiger partial charge in [-0.1, -0.05) is 35.1 Å². The molecular formula is C33H26ClFN4O6S3. The molecule has 0 radical (unpaired) electrons. The number of sulfonamides is 1. The molecule has 1 aromatic heterocycles. The molecule has 3 N–H and O–H groups in total. The van der Waals surface area contributed by atoms with Crippen LogP contribution in [-0.2, 0) is 31.0 Å². The van der Waals surface area contributed by atoms with Gasteiger partial charge in [-0.3, -0.25) is 28.6 Å². The van der Waals surface area contributed by atoms with Crippen LogP contribution in [0.1, 0.15) is 22.8 Å². The van der Waals surface area contributed by atoms with E-state index < -0.39 is 33.6 Å². The van der Waals surface area contributed by atoms with Crippen molar-refractivity contribution in [2.75, 3.05) is 10.2 Å². The topological polar surface area (TPSA) is 149 Å². The number of amides is 3. The van der Waals surface area contributed by atoms with E-state index in [1.807, 2.05) is 0 Å². The first-order valence-corrected chi connectivity index (χ1v) is 18.7. The maximum Gasteiger partial charge on any atom is 0.308 e. The number of nitrogens with one attached hydrogen (secondary N) is 1. The van der Waals surface area contributed by atoms with Crippen LogP contribution in [0.15, 0.2) is 87.5 Å². The summed E-state index contributed by atoms with van der Waals surface area (Å²) in [7, 11) is -3.91. The Kier molecular flexibility index (Phi) is 7.45. The first kappa shape index (κ1) is 31.4. The number of hydrogen-bond acceptors (Lipinski definition) is 8. The maximum atomic E-state index is 14.1. The highest BCUT2D eigenvalue weighted by Gasteiger charge is 2.69. The molecule has 1 saturated heterocycles. The van der Waals surface area contributed by atoms with Gasteiger partial charge in [0.15, 0.2) is 0 Å². The minimum atomic E-state index is -3.91. The van der Waals surface area contributed by atoms with Gasteiger partial charge < -0.3 is 5.32 Å². The van der Waals surface area contributed by atoms with Crippen molar-refractivity contribution in [2.24, 2.45) is 34.7 Å². The molecule has 7 unspecified atom stereocenters. The highest BCUT2D eigenvalue weighted by atomic mass is 35.5. The number of anilines is 2. The minimum absolute atomic E-state index is 0.0983. The molecule has 3 aromatic carbocycles. The number of carbonyl (C=O) groups is 3. The fourth-order valence-electron chi connectivity index (χ4n) is 8.21. The van der Waals surface area contributed by atoms with Crippen LogP contribution in [0.4, 0.5) is 15.8 Å². The summed E-state index contributed by atoms with van der Waals surface area (Å²) in [5.41, 5.74) is 1.61. The number of thiazole rings is 1. The summed E-state index contributed by atoms with van der Waals surface area (Å²) in [4.78, 5) is 56.2. The molecule has 2 bridgehead atoms. The molecule has 3 heterocycles. The monoisotopic (exact) mass is 724 g/mol. The van der Waals surface area contributed by atoms with Gasteiger partial charge in [0.1, 0.15) is 12.4 Å². The highest BCUT2D eigenvalue weighted by molar-refractivity contribution is 8.00. The largest absolute Gasteiger partial charge is 0.325 e. The van der Waals surface area contributed by atoms with Gasteiger partial charge in [0.25, 0.3) is 0 Å². The molecule has 2 aliphatic heterocycles. The summed E-state index contributed by atoms with van der Waals surface area (Å²) in [6, 6.07) is 18.2. The van der Waals surface area contributed by atoms with Crippen LogP contribution in [0.25, 0.3) is 0 Å². The number of imide groups is 1. The van der Waals surface area contributed by atoms with Crippen molar-refractivity contribution in [1.29, 1.82) is 0 Å². The van der Waals surface area contributed by atoms with E-state index in [1.54, 1.807) is 36.4 Å². The molecule has 2 aliphatic carbocycles. The Morgan fingerprint density at radius 2 is 1.58 bits per heavy atom. The molecule has 246 valence electrons. The molecule has 2 saturated carbocycles. The van der Waals surface area contributed by atoms with Crippen LogP contribution >= 0.6 is 34.7 Å². The molecule has 0 spiro atoms. The summed E-state index contributed by atoms with van der Waals surface area (Å²) in [6.07, 6.45) is 0.676. The minimum Gasteiger partial charge on any atom is -0.325 e. The SMILES string of the molecule is NS(=O)(=O)c1ccc(NC(=O)Cn2c3c(sc2=O)C(c2ccc(F)cc2)C2C4CC(C2S3)C2C(=O)N(c3ccc(Cl)cc3)C(=O)C42)cc1. The van der Waals surface area contributed by atoms with Crippen molar-refractivity contribution in [3.63, 3.8) is 0 Å². The smallest absolute Gasteiger partial charge is 0.308 e. The van der Waals surface area contributed by atoms with Crippen molar-refractivity contribution in [2.45, 2.75) is 34.1 Å². The number of nitrogens with two attached hydrogens (primary N) is 1. The summed E-state index contributed by atoms with van der Waals surface area (Å²) in [6.45, 7) is -0.302. The normalized spacial score (nSPS) is 27.1. The van der Waals surface area contributed by atoms with E-state index in [-0.39, 0.29) is 57.0 Å². The molecule has 3 fully saturated rings. The predicted octanol–water partition coefficient (Wildman–Crippen LogP) is 4.67. The summed E-state index contributed by atoms with van der Waals surface area (Å²) < 4.78 is 38.7. The van der Waals surface area contributed by atoms with Gasteiger partial charge in [-0.15, -0.1) is 11.8 Å². The van der Waals surface area contributed by atoms with Crippen LogP contribution in [0, 0.1) is 35.4 Å². The second-order valence-corrected chi connectivity index (χ2v) is 16.7. The highest BCUT2D eigenvalue weighted by Crippen LogP contribution is 2.69. The van der Waals surface area contributed by atoms with Gasteiger partial charge in [-0.05, 0) is 90.4 Å². The lowest BCUT2D eigenvalue weighted by Crippen LogP contribution is -2.43. The Hall–Kier alpha value is -3.82. The Morgan fingerprint density at radius 3 is 2.23 bits per heavy atom. The lowest BCUT2D eigenvalue weighted by atomic mass is 9.68. The molecule has 15 heteroatoms. The number of rotatable bonds is 6. The predicted molar refractivity (Wildman–Crippen MR) is 179 cm³/mol. The number of aromatic nitrogens is 1. The van der Waals surface area contributed by atoms with Gasteiger partial charge in [0.05, 0.1) is 27.4 Å². The van der Waals surface area contributed by atoms with Crippen molar-refractivity contribution in [3.8, 4) is 0 Å². The quantitative estimate of drug-likeness (QED) is 0.275. The van der Waals surface area contributed by atoms with E-state index in [9.17, 15) is 32.0 Å². The molecule has 4 aliphatic rings. The van der Waals surface area contributed by atoms with Crippen LogP contribution in [0.2, 0.25) is 5.02 Å². The van der Waals surface area contributed by atoms with E-state index in [2.05, 4.69) is 5.32 Å². The maximum absolute atomic E-state index is 14.1. The summed E-state index contributed by atoms with van der Waals surface area (Å²) in [5.74, 6) is -3.10. The zero-order valence-electron chi connectivity index (χ0n) is 24.8. The average Bonchev–Trinajstić information content (AvgIpc) is 3.77. The van der Waals surface area contributed by atoms with Crippen LogP contribution in [-0.4, -0.2) is 36.0 Å². The molecule has 4 aromatic rings. The van der Waals surface area contributed by atoms with Crippen molar-refractivity contribution in [3.05, 3.63) is 104 Å². The van der Waals surface area contributed by atoms with Crippen LogP contribution in [0.3, 0.4) is 0 Å². The van der Waals surface area contributed by atoms with Gasteiger partial charge in [0.2, 0.25) is 27.7 Å². The van der Waals surface area contributed by atoms with Gasteiger partial charge in [-0.2, -0.15) is 0 Å². The first-order chi connectivity index (χ1) is 22.9. The van der Waals surface area contributed by atoms with Gasteiger partial charge in [-0.25, -0.2) is 17.9 Å². The number of carbonyl (C=O) groups excluding carboxylic acids is 3. The first-order valence-electron chi connectivity index (χ1n) is 15.1. The molecule has 7 atom stereocenters. The standard InChI is InChI=1S/C33H26ClFN4O6S3/c34-16-3-9-19(10-4-16)39-30(41)26-21-13-22(27(26)31(39)42)28-25(21)24(15-1-5-17(35)6-2-15)29-32(46-28)38(33(43)47-29)14-23(40)37-18-7-11-20(12-8-18)48(36,44)45/h1-12,21-22,24-28H,13-14H2,(H,37,40)(H2,36,44,45). The summed E-state index contributed by atoms with van der Waals surface area (Å²) >= 11 is 8.59.